The molecule has 9 rings (SSSR count). The van der Waals surface area contributed by atoms with Crippen LogP contribution in [0.5, 0.6) is 5.75 Å². The average molecular weight is 1100 g/mol. The maximum atomic E-state index is 15.5. The van der Waals surface area contributed by atoms with Crippen LogP contribution in [-0.4, -0.2) is 133 Å². The number of rotatable bonds is 19. The topological polar surface area (TPSA) is 189 Å². The Kier molecular flexibility index (Phi) is 22.1. The summed E-state index contributed by atoms with van der Waals surface area (Å²) >= 11 is 2.97. The van der Waals surface area contributed by atoms with E-state index in [4.69, 9.17) is 19.7 Å². The molecule has 2 saturated carbocycles. The fourth-order valence-electron chi connectivity index (χ4n) is 11.3. The van der Waals surface area contributed by atoms with Gasteiger partial charge in [0.15, 0.2) is 30.4 Å². The number of carbonyl (C=O) groups excluding carboxylic acids is 6. The minimum Gasteiger partial charge on any atom is -0.481 e. The van der Waals surface area contributed by atoms with E-state index < -0.39 is 5.82 Å². The first-order valence-electron chi connectivity index (χ1n) is 26.1. The second-order valence-corrected chi connectivity index (χ2v) is 21.8. The van der Waals surface area contributed by atoms with E-state index in [1.807, 2.05) is 72.4 Å². The maximum Gasteiger partial charge on any atom is 0.321 e. The number of benzene rings is 4. The molecular weight excluding hydrogens is 1030 g/mol. The van der Waals surface area contributed by atoms with Crippen LogP contribution in [0.15, 0.2) is 78.9 Å². The zero-order valence-corrected chi connectivity index (χ0v) is 46.2. The number of aliphatic hydroxyl groups is 2. The summed E-state index contributed by atoms with van der Waals surface area (Å²) < 4.78 is 34.5. The Morgan fingerprint density at radius 1 is 0.870 bits per heavy atom. The van der Waals surface area contributed by atoms with Crippen LogP contribution in [0, 0.1) is 5.82 Å². The molecule has 2 saturated heterocycles. The Labute approximate surface area is 458 Å². The molecule has 3 heterocycles. The van der Waals surface area contributed by atoms with Gasteiger partial charge in [-0.3, -0.25) is 19.2 Å². The number of urea groups is 1. The normalized spacial score (nSPS) is 17.5. The average Bonchev–Trinajstić information content (AvgIpc) is 3.80. The van der Waals surface area contributed by atoms with Crippen LogP contribution >= 0.6 is 23.3 Å². The quantitative estimate of drug-likeness (QED) is 0.0348. The molecule has 15 nitrogen and oxygen atoms in total. The number of hydrogen-bond acceptors (Lipinski definition) is 14. The number of hydrogen-bond donors (Lipinski definition) is 4. The molecule has 19 heteroatoms. The number of nitrogens with one attached hydrogen (secondary N) is 2. The lowest BCUT2D eigenvalue weighted by molar-refractivity contribution is -0.128. The molecule has 4 aromatic carbocycles. The number of fused-ring (bicyclic) bond motifs is 1. The van der Waals surface area contributed by atoms with E-state index >= 15 is 4.39 Å². The van der Waals surface area contributed by atoms with Crippen LogP contribution in [0.25, 0.3) is 21.2 Å². The number of thiophene rings is 1. The molecule has 3 amide bonds. The number of aliphatic hydroxyl groups excluding tert-OH is 2. The van der Waals surface area contributed by atoms with Gasteiger partial charge >= 0.3 is 6.03 Å². The van der Waals surface area contributed by atoms with Crippen LogP contribution in [0.1, 0.15) is 121 Å². The summed E-state index contributed by atoms with van der Waals surface area (Å²) in [4.78, 5) is 73.3. The van der Waals surface area contributed by atoms with Gasteiger partial charge in [0, 0.05) is 105 Å². The number of halogens is 2. The third-order valence-electron chi connectivity index (χ3n) is 15.3. The van der Waals surface area contributed by atoms with Gasteiger partial charge in [-0.05, 0) is 136 Å². The smallest absolute Gasteiger partial charge is 0.321 e. The van der Waals surface area contributed by atoms with Gasteiger partial charge in [-0.1, -0.05) is 65.0 Å². The zero-order chi connectivity index (χ0) is 55.7. The lowest BCUT2D eigenvalue weighted by Gasteiger charge is -2.65. The molecule has 414 valence electrons. The number of ether oxygens (including phenoxy) is 1. The summed E-state index contributed by atoms with van der Waals surface area (Å²) in [5.74, 6) is 0.248. The van der Waals surface area contributed by atoms with Gasteiger partial charge in [-0.2, -0.15) is 5.12 Å². The van der Waals surface area contributed by atoms with Gasteiger partial charge in [0.25, 0.3) is 0 Å². The highest BCUT2D eigenvalue weighted by Crippen LogP contribution is 2.59. The van der Waals surface area contributed by atoms with E-state index in [1.165, 1.54) is 24.0 Å². The predicted octanol–water partition coefficient (Wildman–Crippen LogP) is 10.9. The lowest BCUT2D eigenvalue weighted by atomic mass is 9.61. The van der Waals surface area contributed by atoms with Gasteiger partial charge in [0.2, 0.25) is 6.41 Å². The number of amides is 3. The Morgan fingerprint density at radius 3 is 2.12 bits per heavy atom. The Balaban J connectivity index is 0.000000999. The molecule has 0 bridgehead atoms. The van der Waals surface area contributed by atoms with Crippen molar-refractivity contribution in [3.63, 3.8) is 0 Å². The first kappa shape index (κ1) is 60.0. The SMILES string of the molecule is CC(CCC=O)N(C)c1ccc(C2CCN(C(=O)Nc3cccc(CSN4C5(CCC5)CC(Nc5cccc(-c6sc(C=O)c(OCC=O)c6F)c5)CC45CCC5)c3)CC2)c2cccc(C=O)c12.CN(F)C=O.CO.CO. The summed E-state index contributed by atoms with van der Waals surface area (Å²) in [6, 6.07) is 26.5. The molecule has 2 aliphatic heterocycles. The Hall–Kier alpha value is -6.25. The first-order valence-corrected chi connectivity index (χ1v) is 27.8. The van der Waals surface area contributed by atoms with Crippen LogP contribution in [0.4, 0.5) is 30.7 Å². The number of likely N-dealkylation sites (tertiary alicyclic amines) is 1. The second-order valence-electron chi connectivity index (χ2n) is 19.9. The molecule has 77 heavy (non-hydrogen) atoms. The number of carbonyl (C=O) groups is 6. The monoisotopic (exact) mass is 1100 g/mol. The number of anilines is 3. The Bertz CT molecular complexity index is 2780. The van der Waals surface area contributed by atoms with Crippen molar-refractivity contribution >= 4 is 88.7 Å². The molecule has 2 spiro atoms. The third kappa shape index (κ3) is 13.9. The van der Waals surface area contributed by atoms with Gasteiger partial charge in [-0.15, -0.1) is 11.3 Å². The molecular formula is C58H72F2N6O9S2. The summed E-state index contributed by atoms with van der Waals surface area (Å²) in [5, 5.41) is 23.0. The molecule has 1 atom stereocenters. The lowest BCUT2D eigenvalue weighted by Crippen LogP contribution is -2.69. The van der Waals surface area contributed by atoms with Crippen molar-refractivity contribution in [3.05, 3.63) is 106 Å². The number of nitrogens with zero attached hydrogens (tertiary/aromatic N) is 4. The van der Waals surface area contributed by atoms with Gasteiger partial charge in [-0.25, -0.2) is 13.5 Å². The van der Waals surface area contributed by atoms with Crippen molar-refractivity contribution in [1.82, 2.24) is 14.3 Å². The molecule has 4 N–H and O–H groups in total. The summed E-state index contributed by atoms with van der Waals surface area (Å²) in [6.45, 7) is 3.03. The van der Waals surface area contributed by atoms with Gasteiger partial charge < -0.3 is 40.2 Å². The fourth-order valence-corrected chi connectivity index (χ4v) is 13.8. The van der Waals surface area contributed by atoms with Crippen LogP contribution < -0.4 is 20.3 Å². The van der Waals surface area contributed by atoms with Crippen LogP contribution in [0.3, 0.4) is 0 Å². The molecule has 5 aromatic rings. The van der Waals surface area contributed by atoms with Gasteiger partial charge in [0.05, 0.1) is 4.88 Å². The van der Waals surface area contributed by atoms with Crippen LogP contribution in [0.2, 0.25) is 0 Å². The number of aldehydes is 4. The highest BCUT2D eigenvalue weighted by molar-refractivity contribution is 7.96. The fraction of sp³-hybridized carbons (Fsp3) is 0.448. The maximum absolute atomic E-state index is 15.5. The minimum absolute atomic E-state index is 0.0556. The van der Waals surface area contributed by atoms with E-state index in [9.17, 15) is 28.5 Å². The second kappa shape index (κ2) is 28.4. The highest BCUT2D eigenvalue weighted by Gasteiger charge is 2.59. The summed E-state index contributed by atoms with van der Waals surface area (Å²) in [5.41, 5.74) is 6.52. The van der Waals surface area contributed by atoms with E-state index in [1.54, 1.807) is 0 Å². The first-order chi connectivity index (χ1) is 37.4. The number of piperidine rings is 2. The standard InChI is InChI=1S/C54H60FN5O6S2.C2H4FNO.2CH4O/c1-36(9-6-26-61)58(2)46-17-16-44(45-15-5-12-40(33-63)48(45)46)38-18-24-59(25-19-38)52(65)57-41-13-3-10-37(29-41)35-67-60-53(20-7-21-53)31-43(32-54(60)22-8-23-54)56-42-14-4-11-39(30-42)51-49(55)50(66-28-27-62)47(34-64)68-51;1-4(3)2-5;2*1-2/h3-5,10-17,26-27,29-30,33-34,36,38,43,56H,6-9,18-25,28,31-32,35H2,1-2H3,(H,57,65);2H,1H3;2*2H,1H3. The van der Waals surface area contributed by atoms with E-state index in [-0.39, 0.29) is 63.9 Å². The minimum atomic E-state index is -0.625. The van der Waals surface area contributed by atoms with Crippen molar-refractivity contribution in [2.24, 2.45) is 0 Å². The van der Waals surface area contributed by atoms with Crippen molar-refractivity contribution in [2.75, 3.05) is 63.5 Å². The van der Waals surface area contributed by atoms with Crippen molar-refractivity contribution in [3.8, 4) is 16.2 Å². The van der Waals surface area contributed by atoms with E-state index in [0.717, 1.165) is 137 Å². The Morgan fingerprint density at radius 2 is 1.52 bits per heavy atom. The van der Waals surface area contributed by atoms with Crippen molar-refractivity contribution in [1.29, 1.82) is 0 Å². The van der Waals surface area contributed by atoms with E-state index in [0.29, 0.717) is 48.1 Å². The van der Waals surface area contributed by atoms with Crippen molar-refractivity contribution in [2.45, 2.75) is 119 Å². The molecule has 1 aromatic heterocycles. The highest BCUT2D eigenvalue weighted by atomic mass is 32.2. The summed E-state index contributed by atoms with van der Waals surface area (Å²) in [7, 11) is 5.05. The van der Waals surface area contributed by atoms with Crippen molar-refractivity contribution < 1.29 is 52.6 Å². The predicted molar refractivity (Wildman–Crippen MR) is 302 cm³/mol. The van der Waals surface area contributed by atoms with E-state index in [2.05, 4.69) is 57.1 Å². The largest absolute Gasteiger partial charge is 0.481 e. The summed E-state index contributed by atoms with van der Waals surface area (Å²) in [6.07, 6.45) is 14.9. The molecule has 0 radical (unpaired) electrons. The molecule has 4 fully saturated rings. The van der Waals surface area contributed by atoms with Gasteiger partial charge in [0.1, 0.15) is 17.8 Å². The zero-order valence-electron chi connectivity index (χ0n) is 44.6. The van der Waals surface area contributed by atoms with Crippen LogP contribution in [-0.2, 0) is 20.1 Å². The molecule has 4 aliphatic rings. The third-order valence-corrected chi connectivity index (χ3v) is 17.9. The molecule has 2 aliphatic carbocycles. The molecule has 1 unspecified atom stereocenters.